The van der Waals surface area contributed by atoms with Crippen molar-refractivity contribution < 1.29 is 4.42 Å². The largest absolute Gasteiger partial charge is 0.456 e. The van der Waals surface area contributed by atoms with Crippen molar-refractivity contribution in [2.24, 2.45) is 0 Å². The third kappa shape index (κ3) is 5.71. The van der Waals surface area contributed by atoms with Crippen molar-refractivity contribution in [2.75, 3.05) is 4.90 Å². The molecule has 2 heterocycles. The van der Waals surface area contributed by atoms with Gasteiger partial charge in [-0.3, -0.25) is 0 Å². The third-order valence-corrected chi connectivity index (χ3v) is 12.3. The molecule has 0 spiro atoms. The fraction of sp³-hybridized carbons (Fsp3) is 0. The maximum Gasteiger partial charge on any atom is 0.135 e. The lowest BCUT2D eigenvalue weighted by atomic mass is 9.88. The highest BCUT2D eigenvalue weighted by atomic mass is 32.1. The Morgan fingerprint density at radius 1 is 0.333 bits per heavy atom. The maximum atomic E-state index is 6.33. The monoisotopic (exact) mass is 745 g/mol. The molecule has 57 heavy (non-hydrogen) atoms. The highest BCUT2D eigenvalue weighted by Crippen LogP contribution is 2.47. The number of benzene rings is 9. The summed E-state index contributed by atoms with van der Waals surface area (Å²) in [6, 6.07) is 76.5. The topological polar surface area (TPSA) is 16.4 Å². The van der Waals surface area contributed by atoms with Crippen LogP contribution < -0.4 is 4.90 Å². The van der Waals surface area contributed by atoms with E-state index in [0.29, 0.717) is 0 Å². The molecule has 2 aromatic heterocycles. The van der Waals surface area contributed by atoms with Crippen LogP contribution in [0.5, 0.6) is 0 Å². The van der Waals surface area contributed by atoms with Gasteiger partial charge in [-0.1, -0.05) is 164 Å². The van der Waals surface area contributed by atoms with Gasteiger partial charge in [-0.15, -0.1) is 11.3 Å². The van der Waals surface area contributed by atoms with Crippen molar-refractivity contribution in [3.8, 4) is 44.5 Å². The van der Waals surface area contributed by atoms with E-state index in [2.05, 4.69) is 205 Å². The average molecular weight is 746 g/mol. The Kier molecular flexibility index (Phi) is 8.04. The number of anilines is 3. The van der Waals surface area contributed by atoms with E-state index in [4.69, 9.17) is 4.42 Å². The molecule has 0 amide bonds. The first-order valence-corrected chi connectivity index (χ1v) is 20.2. The Labute approximate surface area is 335 Å². The van der Waals surface area contributed by atoms with E-state index in [1.165, 1.54) is 59.1 Å². The summed E-state index contributed by atoms with van der Waals surface area (Å²) >= 11 is 1.87. The summed E-state index contributed by atoms with van der Waals surface area (Å²) < 4.78 is 8.94. The minimum absolute atomic E-state index is 0.876. The van der Waals surface area contributed by atoms with Gasteiger partial charge in [-0.05, 0) is 87.5 Å². The summed E-state index contributed by atoms with van der Waals surface area (Å²) in [7, 11) is 0. The highest BCUT2D eigenvalue weighted by Gasteiger charge is 2.22. The van der Waals surface area contributed by atoms with Crippen molar-refractivity contribution in [1.29, 1.82) is 0 Å². The molecule has 11 rings (SSSR count). The molecule has 0 fully saturated rings. The first-order valence-electron chi connectivity index (χ1n) is 19.3. The summed E-state index contributed by atoms with van der Waals surface area (Å²) in [6.07, 6.45) is 0. The van der Waals surface area contributed by atoms with Crippen LogP contribution in [-0.2, 0) is 0 Å². The Balaban J connectivity index is 1.14. The van der Waals surface area contributed by atoms with Crippen molar-refractivity contribution >= 4 is 70.5 Å². The maximum absolute atomic E-state index is 6.33. The smallest absolute Gasteiger partial charge is 0.135 e. The number of furan rings is 1. The molecule has 0 aliphatic carbocycles. The van der Waals surface area contributed by atoms with Crippen LogP contribution in [0.15, 0.2) is 217 Å². The Bertz CT molecular complexity index is 3260. The van der Waals surface area contributed by atoms with Gasteiger partial charge in [0.05, 0.1) is 5.69 Å². The van der Waals surface area contributed by atoms with E-state index >= 15 is 0 Å². The number of hydrogen-bond donors (Lipinski definition) is 0. The first kappa shape index (κ1) is 33.2. The summed E-state index contributed by atoms with van der Waals surface area (Å²) in [6.45, 7) is 0. The molecule has 11 aromatic rings. The molecule has 268 valence electrons. The summed E-state index contributed by atoms with van der Waals surface area (Å²) in [5, 5.41) is 4.80. The second kappa shape index (κ2) is 13.8. The molecule has 2 nitrogen and oxygen atoms in total. The van der Waals surface area contributed by atoms with Gasteiger partial charge in [0, 0.05) is 47.9 Å². The van der Waals surface area contributed by atoms with Crippen LogP contribution in [0, 0.1) is 0 Å². The molecule has 0 bridgehead atoms. The summed E-state index contributed by atoms with van der Waals surface area (Å²) in [5.41, 5.74) is 14.5. The predicted octanol–water partition coefficient (Wildman–Crippen LogP) is 16.1. The normalized spacial score (nSPS) is 11.5. The van der Waals surface area contributed by atoms with Gasteiger partial charge in [0.1, 0.15) is 11.2 Å². The summed E-state index contributed by atoms with van der Waals surface area (Å²) in [4.78, 5) is 2.42. The van der Waals surface area contributed by atoms with Crippen LogP contribution in [0.4, 0.5) is 17.1 Å². The van der Waals surface area contributed by atoms with Gasteiger partial charge in [0.15, 0.2) is 0 Å². The molecule has 0 aliphatic heterocycles. The summed E-state index contributed by atoms with van der Waals surface area (Å²) in [5.74, 6) is 0. The fourth-order valence-electron chi connectivity index (χ4n) is 8.50. The number of hydrogen-bond acceptors (Lipinski definition) is 3. The zero-order valence-corrected chi connectivity index (χ0v) is 31.8. The Morgan fingerprint density at radius 2 is 0.895 bits per heavy atom. The van der Waals surface area contributed by atoms with E-state index in [-0.39, 0.29) is 0 Å². The average Bonchev–Trinajstić information content (AvgIpc) is 3.86. The number of thiophene rings is 1. The second-order valence-electron chi connectivity index (χ2n) is 14.4. The molecule has 9 aromatic carbocycles. The van der Waals surface area contributed by atoms with Crippen LogP contribution in [0.1, 0.15) is 0 Å². The van der Waals surface area contributed by atoms with Crippen molar-refractivity contribution in [3.05, 3.63) is 212 Å². The van der Waals surface area contributed by atoms with E-state index in [9.17, 15) is 0 Å². The van der Waals surface area contributed by atoms with Crippen LogP contribution in [0.2, 0.25) is 0 Å². The van der Waals surface area contributed by atoms with Crippen LogP contribution in [-0.4, -0.2) is 0 Å². The fourth-order valence-corrected chi connectivity index (χ4v) is 9.74. The van der Waals surface area contributed by atoms with Gasteiger partial charge in [-0.25, -0.2) is 0 Å². The Hall–Kier alpha value is -7.20. The quantitative estimate of drug-likeness (QED) is 0.162. The first-order chi connectivity index (χ1) is 28.3. The predicted molar refractivity (Wildman–Crippen MR) is 243 cm³/mol. The molecular formula is C54H35NOS. The van der Waals surface area contributed by atoms with Gasteiger partial charge in [0.2, 0.25) is 0 Å². The standard InChI is InChI=1S/C54H35NOS/c1-2-16-36(17-3-1)40-20-4-5-21-42(40)43-22-6-7-23-44(43)45-24-8-11-29-50(45)55(39-32-33-52-49(35-39)46-25-9-12-30-51(46)56-52)38-19-14-18-37(34-38)41-27-15-28-48-47-26-10-13-31-53(47)57-54(41)48/h1-35H. The molecule has 0 atom stereocenters. The minimum atomic E-state index is 0.876. The van der Waals surface area contributed by atoms with Crippen LogP contribution >= 0.6 is 11.3 Å². The molecule has 0 N–H and O–H groups in total. The lowest BCUT2D eigenvalue weighted by Gasteiger charge is -2.29. The highest BCUT2D eigenvalue weighted by molar-refractivity contribution is 7.26. The zero-order valence-electron chi connectivity index (χ0n) is 31.0. The second-order valence-corrected chi connectivity index (χ2v) is 15.5. The number of nitrogens with zero attached hydrogens (tertiary/aromatic N) is 1. The Morgan fingerprint density at radius 3 is 1.74 bits per heavy atom. The van der Waals surface area contributed by atoms with E-state index < -0.39 is 0 Å². The minimum Gasteiger partial charge on any atom is -0.456 e. The van der Waals surface area contributed by atoms with E-state index in [1.807, 2.05) is 23.5 Å². The van der Waals surface area contributed by atoms with Crippen molar-refractivity contribution in [1.82, 2.24) is 0 Å². The van der Waals surface area contributed by atoms with Crippen LogP contribution in [0.25, 0.3) is 86.6 Å². The molecule has 0 aliphatic rings. The molecule has 0 saturated heterocycles. The lowest BCUT2D eigenvalue weighted by Crippen LogP contribution is -2.11. The molecular weight excluding hydrogens is 711 g/mol. The van der Waals surface area contributed by atoms with Gasteiger partial charge < -0.3 is 9.32 Å². The van der Waals surface area contributed by atoms with Crippen molar-refractivity contribution in [3.63, 3.8) is 0 Å². The van der Waals surface area contributed by atoms with Gasteiger partial charge in [0.25, 0.3) is 0 Å². The molecule has 0 unspecified atom stereocenters. The van der Waals surface area contributed by atoms with E-state index in [0.717, 1.165) is 44.6 Å². The zero-order chi connectivity index (χ0) is 37.7. The van der Waals surface area contributed by atoms with E-state index in [1.54, 1.807) is 0 Å². The van der Waals surface area contributed by atoms with Crippen molar-refractivity contribution in [2.45, 2.75) is 0 Å². The number of rotatable bonds is 7. The van der Waals surface area contributed by atoms with Crippen LogP contribution in [0.3, 0.4) is 0 Å². The third-order valence-electron chi connectivity index (χ3n) is 11.1. The lowest BCUT2D eigenvalue weighted by molar-refractivity contribution is 0.669. The molecule has 3 heteroatoms. The number of para-hydroxylation sites is 2. The molecule has 0 radical (unpaired) electrons. The number of fused-ring (bicyclic) bond motifs is 6. The van der Waals surface area contributed by atoms with Gasteiger partial charge >= 0.3 is 0 Å². The van der Waals surface area contributed by atoms with Gasteiger partial charge in [-0.2, -0.15) is 0 Å². The molecule has 0 saturated carbocycles. The SMILES string of the molecule is c1ccc(-c2ccccc2-c2ccccc2-c2ccccc2N(c2cccc(-c3cccc4c3sc3ccccc34)c2)c2ccc3oc4ccccc4c3c2)cc1.